The van der Waals surface area contributed by atoms with Gasteiger partial charge in [-0.25, -0.2) is 0 Å². The van der Waals surface area contributed by atoms with E-state index >= 15 is 0 Å². The third-order valence-corrected chi connectivity index (χ3v) is 2.74. The zero-order valence-electron chi connectivity index (χ0n) is 5.38. The highest BCUT2D eigenvalue weighted by Gasteiger charge is 2.74. The summed E-state index contributed by atoms with van der Waals surface area (Å²) in [5.41, 5.74) is 0. The second-order valence-corrected chi connectivity index (χ2v) is 3.33. The van der Waals surface area contributed by atoms with Crippen LogP contribution in [0.25, 0.3) is 0 Å². The van der Waals surface area contributed by atoms with Crippen molar-refractivity contribution in [3.63, 3.8) is 0 Å². The fraction of sp³-hybridized carbons (Fsp3) is 1.00. The Kier molecular flexibility index (Phi) is 2.03. The maximum absolute atomic E-state index is 11.8. The van der Waals surface area contributed by atoms with Crippen molar-refractivity contribution in [1.82, 2.24) is 5.32 Å². The van der Waals surface area contributed by atoms with Gasteiger partial charge >= 0.3 is 12.4 Å². The minimum Gasteiger partial charge on any atom is -0.278 e. The molecule has 0 saturated carbocycles. The third kappa shape index (κ3) is 1.17. The van der Waals surface area contributed by atoms with Crippen molar-refractivity contribution in [2.45, 2.75) is 17.2 Å². The first kappa shape index (κ1) is 9.97. The van der Waals surface area contributed by atoms with Gasteiger partial charge in [0.05, 0.1) is 0 Å². The van der Waals surface area contributed by atoms with Crippen molar-refractivity contribution in [2.75, 3.05) is 5.88 Å². The minimum atomic E-state index is -5.30. The number of rotatable bonds is 0. The van der Waals surface area contributed by atoms with Crippen molar-refractivity contribution in [3.05, 3.63) is 0 Å². The standard InChI is InChI=1S/C4H3F6NS/c5-3(6,7)2(4(8,9)10)11-1-12-2/h11H,1H2. The summed E-state index contributed by atoms with van der Waals surface area (Å²) < 4.78 is 71.1. The van der Waals surface area contributed by atoms with Crippen molar-refractivity contribution < 1.29 is 26.3 Å². The van der Waals surface area contributed by atoms with Crippen LogP contribution in [-0.2, 0) is 0 Å². The number of alkyl halides is 6. The van der Waals surface area contributed by atoms with Crippen LogP contribution in [0, 0.1) is 0 Å². The largest absolute Gasteiger partial charge is 0.425 e. The molecular formula is C4H3F6NS. The van der Waals surface area contributed by atoms with Gasteiger partial charge in [-0.1, -0.05) is 0 Å². The van der Waals surface area contributed by atoms with Crippen molar-refractivity contribution in [2.24, 2.45) is 0 Å². The van der Waals surface area contributed by atoms with Crippen molar-refractivity contribution in [3.8, 4) is 0 Å². The van der Waals surface area contributed by atoms with Gasteiger partial charge in [0, 0.05) is 5.88 Å². The third-order valence-electron chi connectivity index (χ3n) is 1.41. The summed E-state index contributed by atoms with van der Waals surface area (Å²) in [7, 11) is 0. The molecule has 8 heteroatoms. The summed E-state index contributed by atoms with van der Waals surface area (Å²) in [5.74, 6) is -0.334. The number of nitrogens with one attached hydrogen (secondary N) is 1. The van der Waals surface area contributed by atoms with Crippen LogP contribution in [0.15, 0.2) is 0 Å². The lowest BCUT2D eigenvalue weighted by molar-refractivity contribution is -0.277. The van der Waals surface area contributed by atoms with Gasteiger partial charge in [0.2, 0.25) is 0 Å². The number of thioether (sulfide) groups is 1. The van der Waals surface area contributed by atoms with Gasteiger partial charge in [-0.05, 0) is 0 Å². The summed E-state index contributed by atoms with van der Waals surface area (Å²) in [6, 6.07) is 0. The molecule has 1 aliphatic heterocycles. The quantitative estimate of drug-likeness (QED) is 0.616. The molecular weight excluding hydrogens is 208 g/mol. The van der Waals surface area contributed by atoms with Gasteiger partial charge in [-0.2, -0.15) is 26.3 Å². The maximum atomic E-state index is 11.8. The second-order valence-electron chi connectivity index (χ2n) is 2.14. The second kappa shape index (κ2) is 2.44. The first-order chi connectivity index (χ1) is 5.21. The van der Waals surface area contributed by atoms with Crippen LogP contribution in [-0.4, -0.2) is 23.1 Å². The molecule has 1 aliphatic rings. The molecule has 0 spiro atoms. The van der Waals surface area contributed by atoms with Gasteiger partial charge in [0.1, 0.15) is 0 Å². The molecule has 0 aromatic carbocycles. The smallest absolute Gasteiger partial charge is 0.278 e. The van der Waals surface area contributed by atoms with E-state index in [1.54, 1.807) is 0 Å². The Morgan fingerprint density at radius 1 is 1.00 bits per heavy atom. The lowest BCUT2D eigenvalue weighted by Gasteiger charge is -2.43. The Bertz CT molecular complexity index is 163. The molecule has 0 aliphatic carbocycles. The SMILES string of the molecule is FC(F)(F)C1(C(F)(F)F)NCS1. The van der Waals surface area contributed by atoms with E-state index in [4.69, 9.17) is 0 Å². The van der Waals surface area contributed by atoms with Crippen LogP contribution < -0.4 is 5.32 Å². The summed E-state index contributed by atoms with van der Waals surface area (Å²) in [6.07, 6.45) is -10.6. The number of halogens is 6. The van der Waals surface area contributed by atoms with Gasteiger partial charge in [-0.3, -0.25) is 5.32 Å². The highest BCUT2D eigenvalue weighted by Crippen LogP contribution is 2.54. The predicted molar refractivity (Wildman–Crippen MR) is 30.4 cm³/mol. The molecule has 1 fully saturated rings. The Labute approximate surface area is 67.5 Å². The summed E-state index contributed by atoms with van der Waals surface area (Å²) in [4.78, 5) is -3.74. The van der Waals surface area contributed by atoms with E-state index in [1.165, 1.54) is 5.32 Å². The molecule has 0 amide bonds. The average molecular weight is 211 g/mol. The van der Waals surface area contributed by atoms with E-state index in [-0.39, 0.29) is 17.6 Å². The molecule has 0 bridgehead atoms. The fourth-order valence-corrected chi connectivity index (χ4v) is 1.50. The predicted octanol–water partition coefficient (Wildman–Crippen LogP) is 2.10. The van der Waals surface area contributed by atoms with Crippen LogP contribution in [0.5, 0.6) is 0 Å². The Morgan fingerprint density at radius 2 is 1.33 bits per heavy atom. The van der Waals surface area contributed by atoms with Crippen molar-refractivity contribution >= 4 is 11.8 Å². The number of hydrogen-bond acceptors (Lipinski definition) is 2. The van der Waals surface area contributed by atoms with Gasteiger partial charge in [-0.15, -0.1) is 11.8 Å². The van der Waals surface area contributed by atoms with Crippen LogP contribution in [0.4, 0.5) is 26.3 Å². The first-order valence-corrected chi connectivity index (χ1v) is 3.72. The van der Waals surface area contributed by atoms with E-state index in [0.29, 0.717) is 0 Å². The average Bonchev–Trinajstić information content (AvgIpc) is 1.47. The molecule has 1 N–H and O–H groups in total. The van der Waals surface area contributed by atoms with Crippen LogP contribution in [0.3, 0.4) is 0 Å². The molecule has 0 atom stereocenters. The Hall–Kier alpha value is -0.110. The molecule has 0 aromatic heterocycles. The molecule has 0 radical (unpaired) electrons. The monoisotopic (exact) mass is 211 g/mol. The fourth-order valence-electron chi connectivity index (χ4n) is 0.741. The summed E-state index contributed by atoms with van der Waals surface area (Å²) in [5, 5.41) is 1.35. The normalized spacial score (nSPS) is 23.5. The highest BCUT2D eigenvalue weighted by molar-refractivity contribution is 8.02. The summed E-state index contributed by atoms with van der Waals surface area (Å²) in [6.45, 7) is 0. The van der Waals surface area contributed by atoms with E-state index in [2.05, 4.69) is 0 Å². The van der Waals surface area contributed by atoms with Crippen molar-refractivity contribution in [1.29, 1.82) is 0 Å². The lowest BCUT2D eigenvalue weighted by Crippen LogP contribution is -2.69. The van der Waals surface area contributed by atoms with Gasteiger partial charge in [0.25, 0.3) is 4.87 Å². The minimum absolute atomic E-state index is 0.194. The van der Waals surface area contributed by atoms with Crippen LogP contribution in [0.2, 0.25) is 0 Å². The van der Waals surface area contributed by atoms with Gasteiger partial charge < -0.3 is 0 Å². The van der Waals surface area contributed by atoms with E-state index < -0.39 is 17.2 Å². The first-order valence-electron chi connectivity index (χ1n) is 2.73. The van der Waals surface area contributed by atoms with E-state index in [0.717, 1.165) is 0 Å². The van der Waals surface area contributed by atoms with E-state index in [1.807, 2.05) is 0 Å². The number of hydrogen-bond donors (Lipinski definition) is 1. The topological polar surface area (TPSA) is 12.0 Å². The molecule has 1 heterocycles. The Morgan fingerprint density at radius 3 is 1.33 bits per heavy atom. The molecule has 72 valence electrons. The zero-order chi connectivity index (χ0) is 9.62. The zero-order valence-corrected chi connectivity index (χ0v) is 6.20. The van der Waals surface area contributed by atoms with Crippen LogP contribution in [0.1, 0.15) is 0 Å². The molecule has 0 unspecified atom stereocenters. The molecule has 0 aromatic rings. The van der Waals surface area contributed by atoms with Crippen LogP contribution >= 0.6 is 11.8 Å². The highest BCUT2D eigenvalue weighted by atomic mass is 32.2. The molecule has 1 rings (SSSR count). The summed E-state index contributed by atoms with van der Waals surface area (Å²) >= 11 is -0.194. The van der Waals surface area contributed by atoms with Gasteiger partial charge in [0.15, 0.2) is 0 Å². The molecule has 12 heavy (non-hydrogen) atoms. The lowest BCUT2D eigenvalue weighted by atomic mass is 10.2. The molecule has 1 nitrogen and oxygen atoms in total. The maximum Gasteiger partial charge on any atom is 0.425 e. The Balaban J connectivity index is 2.92. The molecule has 1 saturated heterocycles. The van der Waals surface area contributed by atoms with E-state index in [9.17, 15) is 26.3 Å².